The zero-order valence-electron chi connectivity index (χ0n) is 24.2. The smallest absolute Gasteiger partial charge is 0.255 e. The SMILES string of the molecule is Cc1c(-c2ccccc2)oc2c(C(=O)NCC3CCC(Nc4nc(N(C)C)c5ccccc5n4)CC3)cccc2c1=O. The van der Waals surface area contributed by atoms with Crippen molar-refractivity contribution in [3.05, 3.63) is 94.1 Å². The first kappa shape index (κ1) is 27.4. The molecule has 0 radical (unpaired) electrons. The second-order valence-electron chi connectivity index (χ2n) is 11.3. The van der Waals surface area contributed by atoms with E-state index in [4.69, 9.17) is 14.4 Å². The van der Waals surface area contributed by atoms with Crippen LogP contribution in [0.5, 0.6) is 0 Å². The number of benzene rings is 3. The molecule has 1 aliphatic carbocycles. The summed E-state index contributed by atoms with van der Waals surface area (Å²) in [4.78, 5) is 38.1. The quantitative estimate of drug-likeness (QED) is 0.245. The van der Waals surface area contributed by atoms with Crippen LogP contribution >= 0.6 is 0 Å². The van der Waals surface area contributed by atoms with Crippen molar-refractivity contribution in [2.24, 2.45) is 5.92 Å². The predicted molar refractivity (Wildman–Crippen MR) is 168 cm³/mol. The van der Waals surface area contributed by atoms with Gasteiger partial charge in [-0.2, -0.15) is 4.98 Å². The van der Waals surface area contributed by atoms with Gasteiger partial charge in [0, 0.05) is 43.2 Å². The van der Waals surface area contributed by atoms with E-state index in [1.54, 1.807) is 25.1 Å². The molecule has 2 N–H and O–H groups in total. The van der Waals surface area contributed by atoms with E-state index < -0.39 is 0 Å². The summed E-state index contributed by atoms with van der Waals surface area (Å²) in [5, 5.41) is 8.11. The summed E-state index contributed by atoms with van der Waals surface area (Å²) in [6.07, 6.45) is 3.90. The number of anilines is 2. The third kappa shape index (κ3) is 5.44. The molecule has 5 aromatic rings. The fraction of sp³-hybridized carbons (Fsp3) is 0.294. The minimum atomic E-state index is -0.229. The summed E-state index contributed by atoms with van der Waals surface area (Å²) in [5.41, 5.74) is 2.84. The Balaban J connectivity index is 1.11. The molecule has 2 heterocycles. The van der Waals surface area contributed by atoms with Crippen molar-refractivity contribution in [3.63, 3.8) is 0 Å². The molecule has 0 aliphatic heterocycles. The van der Waals surface area contributed by atoms with Gasteiger partial charge in [-0.3, -0.25) is 9.59 Å². The molecule has 1 saturated carbocycles. The van der Waals surface area contributed by atoms with Crippen LogP contribution in [0.15, 0.2) is 82.0 Å². The van der Waals surface area contributed by atoms with Gasteiger partial charge in [-0.1, -0.05) is 48.5 Å². The largest absolute Gasteiger partial charge is 0.455 e. The molecule has 8 nitrogen and oxygen atoms in total. The molecule has 42 heavy (non-hydrogen) atoms. The van der Waals surface area contributed by atoms with E-state index in [9.17, 15) is 9.59 Å². The lowest BCUT2D eigenvalue weighted by Crippen LogP contribution is -2.34. The Kier molecular flexibility index (Phi) is 7.61. The van der Waals surface area contributed by atoms with E-state index in [2.05, 4.69) is 10.6 Å². The van der Waals surface area contributed by atoms with Crippen molar-refractivity contribution in [3.8, 4) is 11.3 Å². The van der Waals surface area contributed by atoms with Crippen molar-refractivity contribution < 1.29 is 9.21 Å². The van der Waals surface area contributed by atoms with Crippen LogP contribution in [0.3, 0.4) is 0 Å². The van der Waals surface area contributed by atoms with Gasteiger partial charge in [0.25, 0.3) is 5.91 Å². The van der Waals surface area contributed by atoms with Crippen LogP contribution in [-0.4, -0.2) is 42.6 Å². The maximum atomic E-state index is 13.3. The number of nitrogens with zero attached hydrogens (tertiary/aromatic N) is 3. The second-order valence-corrected chi connectivity index (χ2v) is 11.3. The lowest BCUT2D eigenvalue weighted by atomic mass is 9.86. The van der Waals surface area contributed by atoms with Crippen molar-refractivity contribution in [2.45, 2.75) is 38.6 Å². The van der Waals surface area contributed by atoms with Gasteiger partial charge >= 0.3 is 0 Å². The fourth-order valence-electron chi connectivity index (χ4n) is 5.84. The van der Waals surface area contributed by atoms with Crippen LogP contribution < -0.4 is 21.0 Å². The van der Waals surface area contributed by atoms with Crippen molar-refractivity contribution >= 4 is 39.5 Å². The van der Waals surface area contributed by atoms with Crippen LogP contribution in [-0.2, 0) is 0 Å². The van der Waals surface area contributed by atoms with E-state index in [1.807, 2.05) is 73.6 Å². The van der Waals surface area contributed by atoms with Crippen LogP contribution in [0, 0.1) is 12.8 Å². The zero-order valence-corrected chi connectivity index (χ0v) is 24.2. The third-order valence-electron chi connectivity index (χ3n) is 8.16. The fourth-order valence-corrected chi connectivity index (χ4v) is 5.84. The minimum Gasteiger partial charge on any atom is -0.455 e. The number of carbonyl (C=O) groups is 1. The molecule has 0 unspecified atom stereocenters. The lowest BCUT2D eigenvalue weighted by molar-refractivity contribution is 0.0944. The minimum absolute atomic E-state index is 0.122. The van der Waals surface area contributed by atoms with Crippen molar-refractivity contribution in [1.29, 1.82) is 0 Å². The molecule has 1 aliphatic rings. The highest BCUT2D eigenvalue weighted by Crippen LogP contribution is 2.30. The number of rotatable bonds is 7. The predicted octanol–water partition coefficient (Wildman–Crippen LogP) is 6.18. The van der Waals surface area contributed by atoms with E-state index >= 15 is 0 Å². The van der Waals surface area contributed by atoms with E-state index in [0.717, 1.165) is 48.0 Å². The summed E-state index contributed by atoms with van der Waals surface area (Å²) in [6, 6.07) is 23.0. The molecule has 214 valence electrons. The molecule has 3 aromatic carbocycles. The van der Waals surface area contributed by atoms with Gasteiger partial charge in [-0.05, 0) is 62.8 Å². The Labute approximate surface area is 244 Å². The first-order valence-electron chi connectivity index (χ1n) is 14.5. The zero-order chi connectivity index (χ0) is 29.2. The average molecular weight is 562 g/mol. The molecule has 0 atom stereocenters. The number of fused-ring (bicyclic) bond motifs is 2. The molecule has 8 heteroatoms. The van der Waals surface area contributed by atoms with Crippen molar-refractivity contribution in [1.82, 2.24) is 15.3 Å². The number of hydrogen-bond acceptors (Lipinski definition) is 7. The second kappa shape index (κ2) is 11.6. The molecular formula is C34H35N5O3. The number of para-hydroxylation sites is 2. The molecule has 2 aromatic heterocycles. The molecule has 0 spiro atoms. The Bertz CT molecular complexity index is 1810. The lowest BCUT2D eigenvalue weighted by Gasteiger charge is -2.29. The molecule has 0 bridgehead atoms. The highest BCUT2D eigenvalue weighted by atomic mass is 16.3. The topological polar surface area (TPSA) is 100 Å². The standard InChI is InChI=1S/C34H35N5O3/c1-21-29(40)26-13-9-14-27(31(26)42-30(21)23-10-5-4-6-11-23)33(41)35-20-22-16-18-24(19-17-22)36-34-37-28-15-8-7-12-25(28)32(38-34)39(2)3/h4-15,22,24H,16-20H2,1-3H3,(H,35,41)(H,36,37,38). The molecule has 1 fully saturated rings. The number of amides is 1. The number of hydrogen-bond donors (Lipinski definition) is 2. The molecular weight excluding hydrogens is 526 g/mol. The van der Waals surface area contributed by atoms with Crippen LogP contribution in [0.4, 0.5) is 11.8 Å². The van der Waals surface area contributed by atoms with Crippen LogP contribution in [0.25, 0.3) is 33.2 Å². The van der Waals surface area contributed by atoms with Gasteiger partial charge < -0.3 is 20.0 Å². The van der Waals surface area contributed by atoms with Crippen LogP contribution in [0.1, 0.15) is 41.6 Å². The maximum Gasteiger partial charge on any atom is 0.255 e. The highest BCUT2D eigenvalue weighted by Gasteiger charge is 2.24. The van der Waals surface area contributed by atoms with E-state index in [1.165, 1.54) is 0 Å². The summed E-state index contributed by atoms with van der Waals surface area (Å²) in [5.74, 6) is 2.18. The first-order valence-corrected chi connectivity index (χ1v) is 14.5. The van der Waals surface area contributed by atoms with Gasteiger partial charge in [0.2, 0.25) is 5.95 Å². The monoisotopic (exact) mass is 561 g/mol. The van der Waals surface area contributed by atoms with Gasteiger partial charge in [0.05, 0.1) is 16.5 Å². The summed E-state index contributed by atoms with van der Waals surface area (Å²) >= 11 is 0. The first-order chi connectivity index (χ1) is 20.4. The van der Waals surface area contributed by atoms with Crippen LogP contribution in [0.2, 0.25) is 0 Å². The normalized spacial score (nSPS) is 16.8. The Morgan fingerprint density at radius 2 is 1.62 bits per heavy atom. The Hall–Kier alpha value is -4.72. The van der Waals surface area contributed by atoms with E-state index in [-0.39, 0.29) is 17.4 Å². The average Bonchev–Trinajstić information content (AvgIpc) is 3.02. The number of carbonyl (C=O) groups excluding carboxylic acids is 1. The molecule has 1 amide bonds. The maximum absolute atomic E-state index is 13.3. The molecule has 0 saturated heterocycles. The third-order valence-corrected chi connectivity index (χ3v) is 8.16. The number of nitrogens with one attached hydrogen (secondary N) is 2. The summed E-state index contributed by atoms with van der Waals surface area (Å²) in [6.45, 7) is 2.33. The summed E-state index contributed by atoms with van der Waals surface area (Å²) < 4.78 is 6.24. The van der Waals surface area contributed by atoms with Crippen molar-refractivity contribution in [2.75, 3.05) is 30.9 Å². The van der Waals surface area contributed by atoms with Gasteiger partial charge in [-0.25, -0.2) is 4.98 Å². The Morgan fingerprint density at radius 3 is 2.38 bits per heavy atom. The Morgan fingerprint density at radius 1 is 0.905 bits per heavy atom. The highest BCUT2D eigenvalue weighted by molar-refractivity contribution is 6.05. The number of aromatic nitrogens is 2. The van der Waals surface area contributed by atoms with Gasteiger partial charge in [0.1, 0.15) is 11.6 Å². The van der Waals surface area contributed by atoms with E-state index in [0.29, 0.717) is 46.3 Å². The molecule has 6 rings (SSSR count). The summed E-state index contributed by atoms with van der Waals surface area (Å²) in [7, 11) is 3.99. The van der Waals surface area contributed by atoms with Gasteiger partial charge in [0.15, 0.2) is 11.0 Å². The van der Waals surface area contributed by atoms with Gasteiger partial charge in [-0.15, -0.1) is 0 Å².